The van der Waals surface area contributed by atoms with Gasteiger partial charge >= 0.3 is 0 Å². The molecule has 74 valence electrons. The molecule has 0 saturated heterocycles. The standard InChI is InChI=1S/C8H13N3.C2H6/c1-5-8-6(2)10-11-7(8)3-4-9-5;1-2/h5,9H,3-4H2,1-2H3,(H,10,11);1-2H3. The quantitative estimate of drug-likeness (QED) is 0.642. The topological polar surface area (TPSA) is 40.7 Å². The summed E-state index contributed by atoms with van der Waals surface area (Å²) in [7, 11) is 0. The molecule has 1 unspecified atom stereocenters. The van der Waals surface area contributed by atoms with E-state index in [1.807, 2.05) is 13.8 Å². The maximum Gasteiger partial charge on any atom is 0.0685 e. The SMILES string of the molecule is CC.Cc1[nH]nc2c1C(C)NCC2. The number of nitrogens with one attached hydrogen (secondary N) is 2. The van der Waals surface area contributed by atoms with Crippen LogP contribution in [0.3, 0.4) is 0 Å². The Bertz CT molecular complexity index is 265. The van der Waals surface area contributed by atoms with Gasteiger partial charge in [0.15, 0.2) is 0 Å². The van der Waals surface area contributed by atoms with Crippen LogP contribution in [0.1, 0.15) is 43.8 Å². The van der Waals surface area contributed by atoms with Gasteiger partial charge in [-0.05, 0) is 13.8 Å². The zero-order valence-electron chi connectivity index (χ0n) is 8.94. The smallest absolute Gasteiger partial charge is 0.0685 e. The Morgan fingerprint density at radius 3 is 2.69 bits per heavy atom. The van der Waals surface area contributed by atoms with Gasteiger partial charge < -0.3 is 5.32 Å². The van der Waals surface area contributed by atoms with Crippen LogP contribution in [-0.4, -0.2) is 16.7 Å². The summed E-state index contributed by atoms with van der Waals surface area (Å²) in [5, 5.41) is 10.7. The van der Waals surface area contributed by atoms with Gasteiger partial charge in [-0.15, -0.1) is 0 Å². The number of hydrogen-bond donors (Lipinski definition) is 2. The summed E-state index contributed by atoms with van der Waals surface area (Å²) in [6.45, 7) is 9.31. The lowest BCUT2D eigenvalue weighted by molar-refractivity contribution is 0.536. The highest BCUT2D eigenvalue weighted by Gasteiger charge is 2.19. The lowest BCUT2D eigenvalue weighted by Crippen LogP contribution is -2.27. The van der Waals surface area contributed by atoms with Crippen molar-refractivity contribution in [3.63, 3.8) is 0 Å². The maximum absolute atomic E-state index is 4.24. The fourth-order valence-corrected chi connectivity index (χ4v) is 1.76. The van der Waals surface area contributed by atoms with Gasteiger partial charge in [-0.25, -0.2) is 0 Å². The Kier molecular flexibility index (Phi) is 3.48. The number of hydrogen-bond acceptors (Lipinski definition) is 2. The summed E-state index contributed by atoms with van der Waals surface area (Å²) < 4.78 is 0. The van der Waals surface area contributed by atoms with Crippen LogP contribution in [0.5, 0.6) is 0 Å². The highest BCUT2D eigenvalue weighted by atomic mass is 15.1. The number of nitrogens with zero attached hydrogens (tertiary/aromatic N) is 1. The van der Waals surface area contributed by atoms with Crippen molar-refractivity contribution >= 4 is 0 Å². The van der Waals surface area contributed by atoms with Crippen molar-refractivity contribution in [1.82, 2.24) is 15.5 Å². The molecule has 3 heteroatoms. The molecule has 1 atom stereocenters. The lowest BCUT2D eigenvalue weighted by Gasteiger charge is -2.19. The Hall–Kier alpha value is -0.830. The molecule has 3 nitrogen and oxygen atoms in total. The highest BCUT2D eigenvalue weighted by molar-refractivity contribution is 5.29. The lowest BCUT2D eigenvalue weighted by atomic mass is 10.0. The monoisotopic (exact) mass is 181 g/mol. The molecule has 0 amide bonds. The highest BCUT2D eigenvalue weighted by Crippen LogP contribution is 2.22. The van der Waals surface area contributed by atoms with E-state index in [9.17, 15) is 0 Å². The molecule has 1 aliphatic heterocycles. The first-order valence-corrected chi connectivity index (χ1v) is 5.06. The third-order valence-corrected chi connectivity index (χ3v) is 2.32. The van der Waals surface area contributed by atoms with Gasteiger partial charge in [0.25, 0.3) is 0 Å². The minimum atomic E-state index is 0.470. The van der Waals surface area contributed by atoms with Crippen molar-refractivity contribution in [1.29, 1.82) is 0 Å². The van der Waals surface area contributed by atoms with Crippen LogP contribution in [-0.2, 0) is 6.42 Å². The Morgan fingerprint density at radius 1 is 1.38 bits per heavy atom. The van der Waals surface area contributed by atoms with Gasteiger partial charge in [-0.1, -0.05) is 13.8 Å². The van der Waals surface area contributed by atoms with Crippen molar-refractivity contribution in [2.24, 2.45) is 0 Å². The first-order chi connectivity index (χ1) is 6.29. The largest absolute Gasteiger partial charge is 0.310 e. The number of aromatic nitrogens is 2. The van der Waals surface area contributed by atoms with Gasteiger partial charge in [-0.3, -0.25) is 5.10 Å². The van der Waals surface area contributed by atoms with Crippen LogP contribution >= 0.6 is 0 Å². The first-order valence-electron chi connectivity index (χ1n) is 5.06. The van der Waals surface area contributed by atoms with Crippen LogP contribution in [0, 0.1) is 6.92 Å². The predicted molar refractivity (Wildman–Crippen MR) is 54.8 cm³/mol. The molecule has 1 aliphatic rings. The van der Waals surface area contributed by atoms with E-state index >= 15 is 0 Å². The fraction of sp³-hybridized carbons (Fsp3) is 0.700. The Balaban J connectivity index is 0.000000396. The molecule has 1 aromatic rings. The fourth-order valence-electron chi connectivity index (χ4n) is 1.76. The van der Waals surface area contributed by atoms with E-state index in [0.717, 1.165) is 13.0 Å². The van der Waals surface area contributed by atoms with Crippen LogP contribution in [0.2, 0.25) is 0 Å². The summed E-state index contributed by atoms with van der Waals surface area (Å²) in [4.78, 5) is 0. The van der Waals surface area contributed by atoms with Gasteiger partial charge in [0.1, 0.15) is 0 Å². The molecule has 0 aliphatic carbocycles. The van der Waals surface area contributed by atoms with Crippen molar-refractivity contribution in [2.45, 2.75) is 40.2 Å². The molecule has 0 spiro atoms. The number of aryl methyl sites for hydroxylation is 1. The maximum atomic E-state index is 4.24. The van der Waals surface area contributed by atoms with Gasteiger partial charge in [-0.2, -0.15) is 5.10 Å². The van der Waals surface area contributed by atoms with Crippen molar-refractivity contribution in [3.8, 4) is 0 Å². The van der Waals surface area contributed by atoms with Crippen LogP contribution < -0.4 is 5.32 Å². The molecule has 2 N–H and O–H groups in total. The van der Waals surface area contributed by atoms with E-state index in [1.54, 1.807) is 0 Å². The van der Waals surface area contributed by atoms with E-state index in [-0.39, 0.29) is 0 Å². The molecule has 2 rings (SSSR count). The molecule has 0 fully saturated rings. The third-order valence-electron chi connectivity index (χ3n) is 2.32. The van der Waals surface area contributed by atoms with Crippen molar-refractivity contribution in [2.75, 3.05) is 6.54 Å². The van der Waals surface area contributed by atoms with E-state index < -0.39 is 0 Å². The molecule has 1 aromatic heterocycles. The summed E-state index contributed by atoms with van der Waals surface area (Å²) in [6.07, 6.45) is 1.06. The van der Waals surface area contributed by atoms with E-state index in [1.165, 1.54) is 17.0 Å². The summed E-state index contributed by atoms with van der Waals surface area (Å²) in [5.41, 5.74) is 3.82. The second-order valence-electron chi connectivity index (χ2n) is 3.13. The average Bonchev–Trinajstić information content (AvgIpc) is 2.53. The second-order valence-corrected chi connectivity index (χ2v) is 3.13. The van der Waals surface area contributed by atoms with Gasteiger partial charge in [0.05, 0.1) is 5.69 Å². The number of rotatable bonds is 0. The molecule has 0 radical (unpaired) electrons. The van der Waals surface area contributed by atoms with Crippen LogP contribution in [0.4, 0.5) is 0 Å². The molecular weight excluding hydrogens is 162 g/mol. The average molecular weight is 181 g/mol. The normalized spacial score (nSPS) is 20.2. The first kappa shape index (κ1) is 10.3. The molecule has 2 heterocycles. The van der Waals surface area contributed by atoms with Crippen molar-refractivity contribution in [3.05, 3.63) is 17.0 Å². The Morgan fingerprint density at radius 2 is 2.08 bits per heavy atom. The summed E-state index contributed by atoms with van der Waals surface area (Å²) in [6, 6.07) is 0.470. The number of fused-ring (bicyclic) bond motifs is 1. The molecule has 0 aromatic carbocycles. The molecular formula is C10H19N3. The van der Waals surface area contributed by atoms with Crippen LogP contribution in [0.15, 0.2) is 0 Å². The zero-order valence-corrected chi connectivity index (χ0v) is 8.94. The molecule has 13 heavy (non-hydrogen) atoms. The third kappa shape index (κ3) is 1.91. The number of H-pyrrole nitrogens is 1. The summed E-state index contributed by atoms with van der Waals surface area (Å²) >= 11 is 0. The van der Waals surface area contributed by atoms with E-state index in [4.69, 9.17) is 0 Å². The van der Waals surface area contributed by atoms with E-state index in [0.29, 0.717) is 6.04 Å². The van der Waals surface area contributed by atoms with Gasteiger partial charge in [0, 0.05) is 30.3 Å². The summed E-state index contributed by atoms with van der Waals surface area (Å²) in [5.74, 6) is 0. The number of aromatic amines is 1. The minimum Gasteiger partial charge on any atom is -0.310 e. The second kappa shape index (κ2) is 4.42. The van der Waals surface area contributed by atoms with E-state index in [2.05, 4.69) is 29.4 Å². The van der Waals surface area contributed by atoms with Crippen molar-refractivity contribution < 1.29 is 0 Å². The zero-order chi connectivity index (χ0) is 9.84. The van der Waals surface area contributed by atoms with Gasteiger partial charge in [0.2, 0.25) is 0 Å². The van der Waals surface area contributed by atoms with Crippen LogP contribution in [0.25, 0.3) is 0 Å². The molecule has 0 saturated carbocycles. The Labute approximate surface area is 79.9 Å². The minimum absolute atomic E-state index is 0.470. The molecule has 0 bridgehead atoms. The predicted octanol–water partition coefficient (Wildman–Crippen LogP) is 1.95.